The van der Waals surface area contributed by atoms with Gasteiger partial charge in [-0.25, -0.2) is 4.98 Å². The normalized spacial score (nSPS) is 15.5. The van der Waals surface area contributed by atoms with Gasteiger partial charge >= 0.3 is 0 Å². The van der Waals surface area contributed by atoms with Gasteiger partial charge in [-0.3, -0.25) is 19.3 Å². The zero-order chi connectivity index (χ0) is 21.0. The number of carbonyl (C=O) groups excluding carboxylic acids is 1. The summed E-state index contributed by atoms with van der Waals surface area (Å²) < 4.78 is 1.89. The largest absolute Gasteiger partial charge is 0.304 e. The maximum atomic E-state index is 13.4. The molecule has 1 aliphatic heterocycles. The molecule has 7 nitrogen and oxygen atoms in total. The number of aryl methyl sites for hydroxylation is 1. The molecular weight excluding hydrogens is 400 g/mol. The van der Waals surface area contributed by atoms with Crippen LogP contribution in [0.4, 0.5) is 11.4 Å². The van der Waals surface area contributed by atoms with Crippen molar-refractivity contribution in [3.8, 4) is 11.3 Å². The Labute approximate surface area is 176 Å². The molecule has 1 amide bonds. The van der Waals surface area contributed by atoms with Crippen molar-refractivity contribution in [1.29, 1.82) is 0 Å². The minimum Gasteiger partial charge on any atom is -0.304 e. The highest BCUT2D eigenvalue weighted by atomic mass is 32.1. The van der Waals surface area contributed by atoms with E-state index in [1.807, 2.05) is 40.6 Å². The van der Waals surface area contributed by atoms with Crippen molar-refractivity contribution in [3.05, 3.63) is 81.0 Å². The van der Waals surface area contributed by atoms with Gasteiger partial charge in [0.1, 0.15) is 4.88 Å². The zero-order valence-electron chi connectivity index (χ0n) is 16.4. The molecule has 2 aromatic heterocycles. The number of nitro groups is 1. The van der Waals surface area contributed by atoms with Crippen molar-refractivity contribution in [2.24, 2.45) is 0 Å². The van der Waals surface area contributed by atoms with Crippen LogP contribution < -0.4 is 4.90 Å². The number of benzene rings is 2. The predicted octanol–water partition coefficient (Wildman–Crippen LogP) is 4.87. The maximum absolute atomic E-state index is 13.4. The molecule has 8 heteroatoms. The summed E-state index contributed by atoms with van der Waals surface area (Å²) >= 11 is 1.35. The summed E-state index contributed by atoms with van der Waals surface area (Å²) in [6.45, 7) is 3.97. The smallest absolute Gasteiger partial charge is 0.270 e. The van der Waals surface area contributed by atoms with Gasteiger partial charge in [-0.2, -0.15) is 0 Å². The van der Waals surface area contributed by atoms with E-state index in [1.165, 1.54) is 29.0 Å². The number of rotatable bonds is 3. The summed E-state index contributed by atoms with van der Waals surface area (Å²) in [4.78, 5) is 31.9. The summed E-state index contributed by atoms with van der Waals surface area (Å²) in [6, 6.07) is 14.5. The Morgan fingerprint density at radius 1 is 1.23 bits per heavy atom. The molecule has 1 unspecified atom stereocenters. The monoisotopic (exact) mass is 418 g/mol. The van der Waals surface area contributed by atoms with Gasteiger partial charge in [0.25, 0.3) is 11.6 Å². The lowest BCUT2D eigenvalue weighted by Crippen LogP contribution is -2.35. The lowest BCUT2D eigenvalue weighted by atomic mass is 10.1. The van der Waals surface area contributed by atoms with Crippen molar-refractivity contribution in [1.82, 2.24) is 9.38 Å². The first-order chi connectivity index (χ1) is 14.4. The fraction of sp³-hybridized carbons (Fsp3) is 0.182. The van der Waals surface area contributed by atoms with Gasteiger partial charge in [0.2, 0.25) is 0 Å². The SMILES string of the molecule is Cc1c(C(=O)N2c3ccccc3CC2C)sc2nc(-c3cccc([N+](=O)[O-])c3)cn12. The Hall–Kier alpha value is -3.52. The van der Waals surface area contributed by atoms with Crippen molar-refractivity contribution in [3.63, 3.8) is 0 Å². The molecule has 0 N–H and O–H groups in total. The molecule has 30 heavy (non-hydrogen) atoms. The minimum atomic E-state index is -0.418. The lowest BCUT2D eigenvalue weighted by molar-refractivity contribution is -0.384. The van der Waals surface area contributed by atoms with Gasteiger partial charge in [0, 0.05) is 41.3 Å². The highest BCUT2D eigenvalue weighted by Gasteiger charge is 2.33. The second-order valence-corrected chi connectivity index (χ2v) is 8.44. The first kappa shape index (κ1) is 18.5. The number of fused-ring (bicyclic) bond motifs is 2. The second kappa shape index (κ2) is 6.77. The van der Waals surface area contributed by atoms with E-state index >= 15 is 0 Å². The van der Waals surface area contributed by atoms with Gasteiger partial charge < -0.3 is 4.90 Å². The summed E-state index contributed by atoms with van der Waals surface area (Å²) in [5, 5.41) is 11.1. The van der Waals surface area contributed by atoms with Crippen molar-refractivity contribution in [2.75, 3.05) is 4.90 Å². The molecule has 3 heterocycles. The number of nitrogens with zero attached hydrogens (tertiary/aromatic N) is 4. The molecular formula is C22H18N4O3S. The Balaban J connectivity index is 1.53. The van der Waals surface area contributed by atoms with E-state index in [9.17, 15) is 14.9 Å². The van der Waals surface area contributed by atoms with Crippen LogP contribution in [0.5, 0.6) is 0 Å². The molecule has 0 aliphatic carbocycles. The fourth-order valence-electron chi connectivity index (χ4n) is 4.05. The molecule has 0 radical (unpaired) electrons. The first-order valence-corrected chi connectivity index (χ1v) is 10.4. The van der Waals surface area contributed by atoms with Crippen molar-refractivity contribution >= 4 is 33.6 Å². The molecule has 150 valence electrons. The summed E-state index contributed by atoms with van der Waals surface area (Å²) in [6.07, 6.45) is 2.68. The Kier molecular flexibility index (Phi) is 4.18. The number of aromatic nitrogens is 2. The molecule has 2 aromatic carbocycles. The molecule has 0 saturated carbocycles. The molecule has 1 atom stereocenters. The van der Waals surface area contributed by atoms with E-state index in [4.69, 9.17) is 0 Å². The number of carbonyl (C=O) groups is 1. The average Bonchev–Trinajstić information content (AvgIpc) is 3.39. The van der Waals surface area contributed by atoms with E-state index in [0.717, 1.165) is 17.8 Å². The van der Waals surface area contributed by atoms with Gasteiger partial charge in [-0.15, -0.1) is 0 Å². The van der Waals surface area contributed by atoms with Crippen LogP contribution in [0.25, 0.3) is 16.2 Å². The standard InChI is InChI=1S/C22H18N4O3S/c1-13-10-16-6-3-4-9-19(16)25(13)21(27)20-14(2)24-12-18(23-22(24)30-20)15-7-5-8-17(11-15)26(28)29/h3-9,11-13H,10H2,1-2H3. The third kappa shape index (κ3) is 2.80. The molecule has 0 spiro atoms. The summed E-state index contributed by atoms with van der Waals surface area (Å²) in [5.41, 5.74) is 4.32. The van der Waals surface area contributed by atoms with Gasteiger partial charge in [0.05, 0.1) is 10.6 Å². The summed E-state index contributed by atoms with van der Waals surface area (Å²) in [5.74, 6) is -0.0163. The number of nitro benzene ring substituents is 1. The number of anilines is 1. The van der Waals surface area contributed by atoms with Crippen LogP contribution in [0.2, 0.25) is 0 Å². The Morgan fingerprint density at radius 3 is 2.80 bits per heavy atom. The number of para-hydroxylation sites is 1. The first-order valence-electron chi connectivity index (χ1n) is 9.59. The van der Waals surface area contributed by atoms with Crippen LogP contribution in [0.3, 0.4) is 0 Å². The highest BCUT2D eigenvalue weighted by Crippen LogP contribution is 2.36. The number of non-ortho nitro benzene ring substituents is 1. The van der Waals surface area contributed by atoms with Crippen molar-refractivity contribution in [2.45, 2.75) is 26.3 Å². The molecule has 0 saturated heterocycles. The molecule has 5 rings (SSSR count). The highest BCUT2D eigenvalue weighted by molar-refractivity contribution is 7.19. The van der Waals surface area contributed by atoms with Gasteiger partial charge in [0.15, 0.2) is 4.96 Å². The molecule has 0 bridgehead atoms. The summed E-state index contributed by atoms with van der Waals surface area (Å²) in [7, 11) is 0. The lowest BCUT2D eigenvalue weighted by Gasteiger charge is -2.22. The second-order valence-electron chi connectivity index (χ2n) is 7.46. The number of imidazole rings is 1. The van der Waals surface area contributed by atoms with Crippen LogP contribution >= 0.6 is 11.3 Å². The van der Waals surface area contributed by atoms with Crippen molar-refractivity contribution < 1.29 is 9.72 Å². The zero-order valence-corrected chi connectivity index (χ0v) is 17.2. The predicted molar refractivity (Wildman–Crippen MR) is 116 cm³/mol. The topological polar surface area (TPSA) is 80.8 Å². The fourth-order valence-corrected chi connectivity index (χ4v) is 5.10. The number of amides is 1. The molecule has 4 aromatic rings. The minimum absolute atomic E-state index is 0.0163. The van der Waals surface area contributed by atoms with Crippen LogP contribution in [0, 0.1) is 17.0 Å². The van der Waals surface area contributed by atoms with Crippen LogP contribution in [-0.4, -0.2) is 26.3 Å². The van der Waals surface area contributed by atoms with E-state index in [-0.39, 0.29) is 17.6 Å². The Bertz CT molecular complexity index is 1320. The quantitative estimate of drug-likeness (QED) is 0.351. The van der Waals surface area contributed by atoms with Gasteiger partial charge in [-0.1, -0.05) is 41.7 Å². The molecule has 0 fully saturated rings. The Morgan fingerprint density at radius 2 is 2.03 bits per heavy atom. The third-order valence-corrected chi connectivity index (χ3v) is 6.67. The van der Waals surface area contributed by atoms with Gasteiger partial charge in [-0.05, 0) is 31.9 Å². The van der Waals surface area contributed by atoms with E-state index < -0.39 is 4.92 Å². The van der Waals surface area contributed by atoms with E-state index in [2.05, 4.69) is 18.0 Å². The van der Waals surface area contributed by atoms with E-state index in [0.29, 0.717) is 21.1 Å². The van der Waals surface area contributed by atoms with E-state index in [1.54, 1.807) is 12.1 Å². The average molecular weight is 418 g/mol. The van der Waals surface area contributed by atoms with Crippen LogP contribution in [0.1, 0.15) is 27.9 Å². The number of hydrogen-bond donors (Lipinski definition) is 0. The number of thiazole rings is 1. The number of hydrogen-bond acceptors (Lipinski definition) is 5. The molecule has 1 aliphatic rings. The van der Waals surface area contributed by atoms with Crippen LogP contribution in [0.15, 0.2) is 54.7 Å². The third-order valence-electron chi connectivity index (χ3n) is 5.53. The van der Waals surface area contributed by atoms with Crippen LogP contribution in [-0.2, 0) is 6.42 Å². The maximum Gasteiger partial charge on any atom is 0.270 e.